The quantitative estimate of drug-likeness (QED) is 0.333. The van der Waals surface area contributed by atoms with Crippen molar-refractivity contribution < 1.29 is 4.74 Å². The van der Waals surface area contributed by atoms with Gasteiger partial charge in [-0.1, -0.05) is 30.3 Å². The first-order valence-corrected chi connectivity index (χ1v) is 11.0. The summed E-state index contributed by atoms with van der Waals surface area (Å²) in [5, 5.41) is 6.90. The molecule has 0 fully saturated rings. The molecule has 0 saturated carbocycles. The van der Waals surface area contributed by atoms with Crippen LogP contribution in [-0.2, 0) is 0 Å². The van der Waals surface area contributed by atoms with Gasteiger partial charge in [-0.25, -0.2) is 4.68 Å². The van der Waals surface area contributed by atoms with Gasteiger partial charge in [0.2, 0.25) is 0 Å². The molecule has 5 nitrogen and oxygen atoms in total. The van der Waals surface area contributed by atoms with E-state index in [1.807, 2.05) is 58.6 Å². The second kappa shape index (κ2) is 7.18. The van der Waals surface area contributed by atoms with Gasteiger partial charge in [0.25, 0.3) is 0 Å². The Morgan fingerprint density at radius 2 is 1.65 bits per heavy atom. The lowest BCUT2D eigenvalue weighted by Gasteiger charge is -2.21. The molecule has 0 N–H and O–H groups in total. The number of aromatic nitrogens is 2. The topological polar surface area (TPSA) is 33.5 Å². The molecule has 1 aliphatic heterocycles. The second-order valence-corrected chi connectivity index (χ2v) is 8.60. The third-order valence-electron chi connectivity index (χ3n) is 5.47. The molecule has 5 aromatic rings. The van der Waals surface area contributed by atoms with E-state index < -0.39 is 0 Å². The Kier molecular flexibility index (Phi) is 4.18. The summed E-state index contributed by atoms with van der Waals surface area (Å²) in [6.45, 7) is 0.824. The van der Waals surface area contributed by atoms with Crippen LogP contribution in [0, 0.1) is 0 Å². The molecule has 31 heavy (non-hydrogen) atoms. The van der Waals surface area contributed by atoms with Gasteiger partial charge in [-0.05, 0) is 36.4 Å². The van der Waals surface area contributed by atoms with Crippen molar-refractivity contribution >= 4 is 37.8 Å². The molecule has 1 aliphatic rings. The SMILES string of the molecule is CN1CN(c2cccc(Oc3cccc(-n4cccn4)c3)c2)c2c1sc1ccccc21. The normalized spacial score (nSPS) is 13.1. The largest absolute Gasteiger partial charge is 0.457 e. The Morgan fingerprint density at radius 3 is 2.45 bits per heavy atom. The molecular formula is C25H20N4OS. The number of rotatable bonds is 4. The molecule has 152 valence electrons. The van der Waals surface area contributed by atoms with E-state index in [2.05, 4.69) is 64.4 Å². The van der Waals surface area contributed by atoms with Crippen LogP contribution in [0.1, 0.15) is 0 Å². The minimum Gasteiger partial charge on any atom is -0.457 e. The van der Waals surface area contributed by atoms with E-state index in [1.165, 1.54) is 20.8 Å². The number of thiophene rings is 1. The maximum absolute atomic E-state index is 6.22. The van der Waals surface area contributed by atoms with Gasteiger partial charge in [0.1, 0.15) is 16.5 Å². The maximum Gasteiger partial charge on any atom is 0.129 e. The number of hydrogen-bond acceptors (Lipinski definition) is 5. The van der Waals surface area contributed by atoms with Crippen LogP contribution in [0.2, 0.25) is 0 Å². The Morgan fingerprint density at radius 1 is 0.871 bits per heavy atom. The van der Waals surface area contributed by atoms with Crippen LogP contribution in [0.25, 0.3) is 15.8 Å². The predicted molar refractivity (Wildman–Crippen MR) is 127 cm³/mol. The highest BCUT2D eigenvalue weighted by atomic mass is 32.1. The molecule has 0 atom stereocenters. The third-order valence-corrected chi connectivity index (χ3v) is 6.75. The van der Waals surface area contributed by atoms with Crippen molar-refractivity contribution in [1.29, 1.82) is 0 Å². The summed E-state index contributed by atoms with van der Waals surface area (Å²) in [6.07, 6.45) is 3.69. The van der Waals surface area contributed by atoms with Gasteiger partial charge in [0, 0.05) is 47.3 Å². The standard InChI is InChI=1S/C25H20N4OS/c1-27-17-28(24-22-11-2-3-12-23(22)31-25(24)27)18-7-4-9-20(15-18)30-21-10-5-8-19(16-21)29-14-6-13-26-29/h2-16H,17H2,1H3. The molecule has 3 heterocycles. The molecule has 0 saturated heterocycles. The van der Waals surface area contributed by atoms with E-state index >= 15 is 0 Å². The van der Waals surface area contributed by atoms with Crippen LogP contribution >= 0.6 is 11.3 Å². The lowest BCUT2D eigenvalue weighted by atomic mass is 10.2. The van der Waals surface area contributed by atoms with Crippen molar-refractivity contribution in [3.05, 3.63) is 91.3 Å². The summed E-state index contributed by atoms with van der Waals surface area (Å²) in [6, 6.07) is 26.8. The van der Waals surface area contributed by atoms with Crippen molar-refractivity contribution in [1.82, 2.24) is 9.78 Å². The number of hydrogen-bond donors (Lipinski definition) is 0. The summed E-state index contributed by atoms with van der Waals surface area (Å²) in [5.41, 5.74) is 3.37. The van der Waals surface area contributed by atoms with Crippen LogP contribution < -0.4 is 14.5 Å². The van der Waals surface area contributed by atoms with E-state index in [1.54, 1.807) is 6.20 Å². The van der Waals surface area contributed by atoms with Crippen LogP contribution in [0.15, 0.2) is 91.3 Å². The van der Waals surface area contributed by atoms with Crippen molar-refractivity contribution in [3.8, 4) is 17.2 Å². The van der Waals surface area contributed by atoms with Gasteiger partial charge in [0.05, 0.1) is 18.0 Å². The van der Waals surface area contributed by atoms with Crippen molar-refractivity contribution in [2.45, 2.75) is 0 Å². The van der Waals surface area contributed by atoms with Crippen LogP contribution in [0.5, 0.6) is 11.5 Å². The van der Waals surface area contributed by atoms with Gasteiger partial charge < -0.3 is 14.5 Å². The zero-order valence-corrected chi connectivity index (χ0v) is 17.8. The molecule has 6 rings (SSSR count). The Balaban J connectivity index is 1.33. The average Bonchev–Trinajstić information content (AvgIpc) is 3.52. The third kappa shape index (κ3) is 3.12. The van der Waals surface area contributed by atoms with E-state index in [9.17, 15) is 0 Å². The van der Waals surface area contributed by atoms with Gasteiger partial charge in [-0.3, -0.25) is 0 Å². The van der Waals surface area contributed by atoms with Crippen molar-refractivity contribution in [3.63, 3.8) is 0 Å². The smallest absolute Gasteiger partial charge is 0.129 e. The molecule has 0 bridgehead atoms. The highest BCUT2D eigenvalue weighted by Gasteiger charge is 2.29. The molecule has 6 heteroatoms. The molecule has 0 amide bonds. The Hall–Kier alpha value is -3.77. The lowest BCUT2D eigenvalue weighted by molar-refractivity contribution is 0.482. The van der Waals surface area contributed by atoms with E-state index in [0.717, 1.165) is 29.5 Å². The second-order valence-electron chi connectivity index (χ2n) is 7.57. The fraction of sp³-hybridized carbons (Fsp3) is 0.0800. The predicted octanol–water partition coefficient (Wildman–Crippen LogP) is 6.42. The minimum atomic E-state index is 0.783. The first-order chi connectivity index (χ1) is 15.3. The fourth-order valence-corrected chi connectivity index (χ4v) is 5.22. The van der Waals surface area contributed by atoms with E-state index in [-0.39, 0.29) is 0 Å². The van der Waals surface area contributed by atoms with E-state index in [0.29, 0.717) is 0 Å². The summed E-state index contributed by atoms with van der Waals surface area (Å²) in [5.74, 6) is 1.59. The summed E-state index contributed by atoms with van der Waals surface area (Å²) >= 11 is 1.84. The first-order valence-electron chi connectivity index (χ1n) is 10.1. The molecular weight excluding hydrogens is 404 g/mol. The lowest BCUT2D eigenvalue weighted by Crippen LogP contribution is -2.24. The van der Waals surface area contributed by atoms with Gasteiger partial charge in [-0.2, -0.15) is 5.10 Å². The van der Waals surface area contributed by atoms with E-state index in [4.69, 9.17) is 4.74 Å². The Bertz CT molecular complexity index is 1380. The fourth-order valence-electron chi connectivity index (χ4n) is 4.06. The minimum absolute atomic E-state index is 0.783. The highest BCUT2D eigenvalue weighted by molar-refractivity contribution is 7.23. The van der Waals surface area contributed by atoms with Crippen LogP contribution in [0.3, 0.4) is 0 Å². The van der Waals surface area contributed by atoms with Gasteiger partial charge >= 0.3 is 0 Å². The Labute approximate surface area is 184 Å². The molecule has 2 aromatic heterocycles. The number of benzene rings is 3. The first kappa shape index (κ1) is 18.0. The van der Waals surface area contributed by atoms with Gasteiger partial charge in [-0.15, -0.1) is 11.3 Å². The number of nitrogens with zero attached hydrogens (tertiary/aromatic N) is 4. The highest BCUT2D eigenvalue weighted by Crippen LogP contribution is 2.50. The monoisotopic (exact) mass is 424 g/mol. The van der Waals surface area contributed by atoms with Gasteiger partial charge in [0.15, 0.2) is 0 Å². The molecule has 0 spiro atoms. The summed E-state index contributed by atoms with van der Waals surface area (Å²) < 4.78 is 9.36. The van der Waals surface area contributed by atoms with Crippen LogP contribution in [0.4, 0.5) is 16.4 Å². The zero-order chi connectivity index (χ0) is 20.8. The molecule has 0 unspecified atom stereocenters. The average molecular weight is 425 g/mol. The number of ether oxygens (including phenoxy) is 1. The number of fused-ring (bicyclic) bond motifs is 3. The number of anilines is 3. The summed E-state index contributed by atoms with van der Waals surface area (Å²) in [4.78, 5) is 4.67. The van der Waals surface area contributed by atoms with Crippen molar-refractivity contribution in [2.24, 2.45) is 0 Å². The molecule has 0 aliphatic carbocycles. The molecule has 3 aromatic carbocycles. The summed E-state index contributed by atoms with van der Waals surface area (Å²) in [7, 11) is 2.15. The molecule has 0 radical (unpaired) electrons. The maximum atomic E-state index is 6.22. The van der Waals surface area contributed by atoms with Crippen molar-refractivity contribution in [2.75, 3.05) is 23.5 Å². The zero-order valence-electron chi connectivity index (χ0n) is 17.0. The van der Waals surface area contributed by atoms with Crippen LogP contribution in [-0.4, -0.2) is 23.5 Å².